The van der Waals surface area contributed by atoms with Gasteiger partial charge < -0.3 is 31.4 Å². The SMILES string of the molecule is CCCC(=O)Oc1c(OC)ccc2cc3[n+](cc12)CCc1cc(OC)c(OC)cc1-3.[Cl-]. The van der Waals surface area contributed by atoms with Crippen LogP contribution in [0.15, 0.2) is 36.5 Å². The van der Waals surface area contributed by atoms with E-state index < -0.39 is 0 Å². The second-order valence-corrected chi connectivity index (χ2v) is 7.29. The van der Waals surface area contributed by atoms with Gasteiger partial charge in [0.25, 0.3) is 0 Å². The lowest BCUT2D eigenvalue weighted by molar-refractivity contribution is -0.686. The molecule has 1 aliphatic heterocycles. The van der Waals surface area contributed by atoms with Crippen LogP contribution < -0.4 is 35.9 Å². The molecule has 0 saturated heterocycles. The Bertz CT molecular complexity index is 1130. The summed E-state index contributed by atoms with van der Waals surface area (Å²) in [5, 5.41) is 1.83. The van der Waals surface area contributed by atoms with Crippen LogP contribution in [-0.2, 0) is 17.8 Å². The van der Waals surface area contributed by atoms with Crippen molar-refractivity contribution < 1.29 is 40.7 Å². The third-order valence-electron chi connectivity index (χ3n) is 5.48. The highest BCUT2D eigenvalue weighted by molar-refractivity contribution is 5.93. The summed E-state index contributed by atoms with van der Waals surface area (Å²) in [4.78, 5) is 12.2. The number of hydrogen-bond donors (Lipinski definition) is 0. The number of benzene rings is 2. The Balaban J connectivity index is 0.00000272. The number of esters is 1. The second kappa shape index (κ2) is 9.43. The van der Waals surface area contributed by atoms with Crippen molar-refractivity contribution in [2.24, 2.45) is 0 Å². The van der Waals surface area contributed by atoms with Gasteiger partial charge in [0.15, 0.2) is 35.7 Å². The molecule has 1 aliphatic rings. The molecule has 0 fully saturated rings. The highest BCUT2D eigenvalue weighted by Crippen LogP contribution is 2.40. The molecular formula is C24H26ClNO5. The highest BCUT2D eigenvalue weighted by Gasteiger charge is 2.27. The average molecular weight is 444 g/mol. The molecule has 2 heterocycles. The first-order valence-corrected chi connectivity index (χ1v) is 10.1. The standard InChI is InChI=1S/C24H26NO5.ClH/c1-5-6-23(26)30-24-18-14-25-10-9-16-12-21(28-3)22(29-4)13-17(16)19(25)11-15(18)7-8-20(24)27-2;/h7-8,11-14H,5-6,9-10H2,1-4H3;1H/q+1;/p-1. The fourth-order valence-corrected chi connectivity index (χ4v) is 3.97. The largest absolute Gasteiger partial charge is 1.00 e. The highest BCUT2D eigenvalue weighted by atomic mass is 35.5. The van der Waals surface area contributed by atoms with Crippen LogP contribution in [0.5, 0.6) is 23.0 Å². The molecule has 0 amide bonds. The van der Waals surface area contributed by atoms with Crippen molar-refractivity contribution in [2.45, 2.75) is 32.7 Å². The normalized spacial score (nSPS) is 11.7. The number of carbonyl (C=O) groups excluding carboxylic acids is 1. The number of halogens is 1. The summed E-state index contributed by atoms with van der Waals surface area (Å²) in [6.45, 7) is 2.77. The van der Waals surface area contributed by atoms with Crippen LogP contribution in [-0.4, -0.2) is 27.3 Å². The maximum absolute atomic E-state index is 12.2. The van der Waals surface area contributed by atoms with E-state index in [9.17, 15) is 4.79 Å². The summed E-state index contributed by atoms with van der Waals surface area (Å²) in [7, 11) is 4.88. The number of rotatable bonds is 6. The summed E-state index contributed by atoms with van der Waals surface area (Å²) in [6.07, 6.45) is 4.01. The minimum atomic E-state index is -0.256. The van der Waals surface area contributed by atoms with Crippen LogP contribution in [0.2, 0.25) is 0 Å². The lowest BCUT2D eigenvalue weighted by Crippen LogP contribution is -3.00. The van der Waals surface area contributed by atoms with Crippen molar-refractivity contribution in [1.29, 1.82) is 0 Å². The molecule has 3 aromatic rings. The van der Waals surface area contributed by atoms with Crippen LogP contribution in [0.4, 0.5) is 0 Å². The summed E-state index contributed by atoms with van der Waals surface area (Å²) < 4.78 is 24.3. The van der Waals surface area contributed by atoms with Gasteiger partial charge in [0.05, 0.1) is 32.3 Å². The second-order valence-electron chi connectivity index (χ2n) is 7.29. The molecular weight excluding hydrogens is 418 g/mol. The van der Waals surface area contributed by atoms with Crippen LogP contribution in [0.3, 0.4) is 0 Å². The van der Waals surface area contributed by atoms with Crippen molar-refractivity contribution in [3.8, 4) is 34.3 Å². The lowest BCUT2D eigenvalue weighted by Gasteiger charge is -2.19. The number of pyridine rings is 1. The van der Waals surface area contributed by atoms with Crippen molar-refractivity contribution in [3.63, 3.8) is 0 Å². The van der Waals surface area contributed by atoms with Crippen molar-refractivity contribution in [2.75, 3.05) is 21.3 Å². The van der Waals surface area contributed by atoms with Gasteiger partial charge in [-0.1, -0.05) is 6.92 Å². The van der Waals surface area contributed by atoms with E-state index in [-0.39, 0.29) is 18.4 Å². The number of aromatic nitrogens is 1. The smallest absolute Gasteiger partial charge is 0.311 e. The van der Waals surface area contributed by atoms with Crippen LogP contribution in [0.25, 0.3) is 22.0 Å². The Hall–Kier alpha value is -2.99. The van der Waals surface area contributed by atoms with E-state index in [4.69, 9.17) is 18.9 Å². The van der Waals surface area contributed by atoms with Crippen LogP contribution in [0, 0.1) is 0 Å². The Morgan fingerprint density at radius 2 is 1.71 bits per heavy atom. The first-order chi connectivity index (χ1) is 14.6. The summed E-state index contributed by atoms with van der Waals surface area (Å²) in [5.41, 5.74) is 3.41. The predicted molar refractivity (Wildman–Crippen MR) is 113 cm³/mol. The van der Waals surface area contributed by atoms with E-state index in [1.165, 1.54) is 5.56 Å². The summed E-state index contributed by atoms with van der Waals surface area (Å²) in [5.74, 6) is 2.21. The number of methoxy groups -OCH3 is 3. The number of aryl methyl sites for hydroxylation is 2. The van der Waals surface area contributed by atoms with E-state index in [0.717, 1.165) is 47.2 Å². The number of carbonyl (C=O) groups is 1. The number of hydrogen-bond acceptors (Lipinski definition) is 5. The van der Waals surface area contributed by atoms with Crippen molar-refractivity contribution in [1.82, 2.24) is 0 Å². The van der Waals surface area contributed by atoms with Gasteiger partial charge >= 0.3 is 5.97 Å². The maximum Gasteiger partial charge on any atom is 0.311 e. The topological polar surface area (TPSA) is 57.9 Å². The fraction of sp³-hybridized carbons (Fsp3) is 0.333. The molecule has 31 heavy (non-hydrogen) atoms. The molecule has 2 aromatic carbocycles. The summed E-state index contributed by atoms with van der Waals surface area (Å²) >= 11 is 0. The van der Waals surface area contributed by atoms with Gasteiger partial charge in [-0.2, -0.15) is 4.57 Å². The molecule has 4 rings (SSSR count). The van der Waals surface area contributed by atoms with Gasteiger partial charge in [-0.25, -0.2) is 0 Å². The predicted octanol–water partition coefficient (Wildman–Crippen LogP) is 1.09. The molecule has 164 valence electrons. The van der Waals surface area contributed by atoms with Gasteiger partial charge in [0.2, 0.25) is 5.69 Å². The van der Waals surface area contributed by atoms with E-state index >= 15 is 0 Å². The molecule has 1 aromatic heterocycles. The van der Waals surface area contributed by atoms with E-state index in [1.54, 1.807) is 21.3 Å². The summed E-state index contributed by atoms with van der Waals surface area (Å²) in [6, 6.07) is 10.0. The molecule has 0 bridgehead atoms. The quantitative estimate of drug-likeness (QED) is 0.324. The molecule has 0 unspecified atom stereocenters. The number of ether oxygens (including phenoxy) is 4. The molecule has 6 nitrogen and oxygen atoms in total. The van der Waals surface area contributed by atoms with E-state index in [1.807, 2.05) is 37.4 Å². The molecule has 0 spiro atoms. The van der Waals surface area contributed by atoms with Gasteiger partial charge in [0.1, 0.15) is 0 Å². The van der Waals surface area contributed by atoms with Crippen LogP contribution in [0.1, 0.15) is 25.3 Å². The molecule has 0 aliphatic carbocycles. The van der Waals surface area contributed by atoms with Crippen molar-refractivity contribution >= 4 is 16.7 Å². The van der Waals surface area contributed by atoms with Gasteiger partial charge in [0, 0.05) is 18.9 Å². The van der Waals surface area contributed by atoms with E-state index in [0.29, 0.717) is 23.7 Å². The molecule has 0 radical (unpaired) electrons. The third-order valence-corrected chi connectivity index (χ3v) is 5.48. The number of fused-ring (bicyclic) bond motifs is 4. The minimum Gasteiger partial charge on any atom is -1.00 e. The Morgan fingerprint density at radius 3 is 2.39 bits per heavy atom. The zero-order chi connectivity index (χ0) is 21.3. The molecule has 0 N–H and O–H groups in total. The molecule has 0 atom stereocenters. The van der Waals surface area contributed by atoms with Crippen molar-refractivity contribution in [3.05, 3.63) is 42.1 Å². The first kappa shape index (κ1) is 22.7. The Labute approximate surface area is 188 Å². The minimum absolute atomic E-state index is 0. The lowest BCUT2D eigenvalue weighted by atomic mass is 9.95. The fourth-order valence-electron chi connectivity index (χ4n) is 3.97. The van der Waals surface area contributed by atoms with Gasteiger partial charge in [-0.05, 0) is 41.6 Å². The maximum atomic E-state index is 12.2. The first-order valence-electron chi connectivity index (χ1n) is 10.1. The monoisotopic (exact) mass is 443 g/mol. The Kier molecular flexibility index (Phi) is 6.91. The van der Waals surface area contributed by atoms with Crippen LogP contribution >= 0.6 is 0 Å². The van der Waals surface area contributed by atoms with Gasteiger partial charge in [-0.15, -0.1) is 0 Å². The Morgan fingerprint density at radius 1 is 1.00 bits per heavy atom. The van der Waals surface area contributed by atoms with Gasteiger partial charge in [-0.3, -0.25) is 4.79 Å². The average Bonchev–Trinajstić information content (AvgIpc) is 2.77. The zero-order valence-electron chi connectivity index (χ0n) is 18.2. The molecule has 7 heteroatoms. The molecule has 0 saturated carbocycles. The zero-order valence-corrected chi connectivity index (χ0v) is 18.9. The number of nitrogens with zero attached hydrogens (tertiary/aromatic N) is 1. The third kappa shape index (κ3) is 4.12. The van der Waals surface area contributed by atoms with E-state index in [2.05, 4.69) is 10.6 Å².